The number of hydrogen-bond acceptors (Lipinski definition) is 2. The zero-order valence-corrected chi connectivity index (χ0v) is 32.5. The molecule has 13 rings (SSSR count). The fraction of sp³-hybridized carbons (Fsp3) is 0. The van der Waals surface area contributed by atoms with Crippen LogP contribution in [0.15, 0.2) is 206 Å². The highest BCUT2D eigenvalue weighted by atomic mass is 14.9. The van der Waals surface area contributed by atoms with Crippen LogP contribution < -0.4 is 0 Å². The molecule has 0 unspecified atom stereocenters. The van der Waals surface area contributed by atoms with E-state index in [1.54, 1.807) is 0 Å². The molecule has 0 aliphatic carbocycles. The van der Waals surface area contributed by atoms with Crippen molar-refractivity contribution < 1.29 is 0 Å². The minimum Gasteiger partial charge on any atom is -0.228 e. The molecule has 0 saturated heterocycles. The van der Waals surface area contributed by atoms with Gasteiger partial charge < -0.3 is 0 Å². The van der Waals surface area contributed by atoms with E-state index in [9.17, 15) is 0 Å². The van der Waals surface area contributed by atoms with Crippen LogP contribution in [0.3, 0.4) is 0 Å². The van der Waals surface area contributed by atoms with Crippen molar-refractivity contribution >= 4 is 97.0 Å². The van der Waals surface area contributed by atoms with Crippen molar-refractivity contribution in [1.29, 1.82) is 0 Å². The molecule has 13 aromatic rings. The Hall–Kier alpha value is -7.94. The second-order valence-corrected chi connectivity index (χ2v) is 16.0. The Bertz CT molecular complexity index is 3430. The van der Waals surface area contributed by atoms with Crippen molar-refractivity contribution in [3.05, 3.63) is 206 Å². The molecule has 0 amide bonds. The molecule has 0 radical (unpaired) electrons. The topological polar surface area (TPSA) is 25.8 Å². The van der Waals surface area contributed by atoms with Crippen molar-refractivity contribution in [2.75, 3.05) is 0 Å². The number of benzene rings is 12. The van der Waals surface area contributed by atoms with Gasteiger partial charge in [-0.1, -0.05) is 182 Å². The SMILES string of the molecule is c1ccc2c(c1)c1ccccc1c1cc(-c3cc(-c4ccc5c6ccccc6c6ccccc6c5c4)nc(-c4ccc5c6ccccc6c6ccccc6c5c4)n3)ccc21. The first kappa shape index (κ1) is 33.1. The van der Waals surface area contributed by atoms with Gasteiger partial charge in [-0.05, 0) is 121 Å². The van der Waals surface area contributed by atoms with Gasteiger partial charge in [0, 0.05) is 16.7 Å². The van der Waals surface area contributed by atoms with E-state index >= 15 is 0 Å². The molecule has 12 aromatic carbocycles. The number of nitrogens with zero attached hydrogens (tertiary/aromatic N) is 2. The molecular weight excluding hydrogens is 725 g/mol. The maximum absolute atomic E-state index is 5.44. The largest absolute Gasteiger partial charge is 0.228 e. The molecule has 0 bridgehead atoms. The van der Waals surface area contributed by atoms with Crippen LogP contribution in [0.2, 0.25) is 0 Å². The summed E-state index contributed by atoms with van der Waals surface area (Å²) in [5.74, 6) is 0.702. The van der Waals surface area contributed by atoms with E-state index in [4.69, 9.17) is 9.97 Å². The van der Waals surface area contributed by atoms with E-state index in [2.05, 4.69) is 206 Å². The van der Waals surface area contributed by atoms with Gasteiger partial charge >= 0.3 is 0 Å². The molecule has 2 nitrogen and oxygen atoms in total. The van der Waals surface area contributed by atoms with E-state index < -0.39 is 0 Å². The Morgan fingerprint density at radius 3 is 0.683 bits per heavy atom. The van der Waals surface area contributed by atoms with Crippen molar-refractivity contribution in [2.45, 2.75) is 0 Å². The molecule has 0 saturated carbocycles. The van der Waals surface area contributed by atoms with Crippen LogP contribution in [0, 0.1) is 0 Å². The van der Waals surface area contributed by atoms with Gasteiger partial charge in [-0.25, -0.2) is 9.97 Å². The van der Waals surface area contributed by atoms with Gasteiger partial charge in [0.15, 0.2) is 5.82 Å². The Kier molecular flexibility index (Phi) is 7.05. The van der Waals surface area contributed by atoms with Crippen molar-refractivity contribution in [3.8, 4) is 33.9 Å². The molecule has 0 spiro atoms. The maximum atomic E-state index is 5.44. The normalized spacial score (nSPS) is 12.0. The lowest BCUT2D eigenvalue weighted by Gasteiger charge is -2.15. The minimum absolute atomic E-state index is 0.702. The zero-order valence-electron chi connectivity index (χ0n) is 32.5. The van der Waals surface area contributed by atoms with Crippen LogP contribution in [-0.2, 0) is 0 Å². The summed E-state index contributed by atoms with van der Waals surface area (Å²) in [6.07, 6.45) is 0. The van der Waals surface area contributed by atoms with Gasteiger partial charge in [0.1, 0.15) is 0 Å². The molecular formula is C58H34N2. The van der Waals surface area contributed by atoms with E-state index in [-0.39, 0.29) is 0 Å². The lowest BCUT2D eigenvalue weighted by atomic mass is 9.92. The quantitative estimate of drug-likeness (QED) is 0.168. The monoisotopic (exact) mass is 758 g/mol. The minimum atomic E-state index is 0.702. The summed E-state index contributed by atoms with van der Waals surface area (Å²) in [7, 11) is 0. The molecule has 0 aliphatic rings. The molecule has 276 valence electrons. The molecule has 60 heavy (non-hydrogen) atoms. The molecule has 0 atom stereocenters. The Balaban J connectivity index is 1.08. The average Bonchev–Trinajstić information content (AvgIpc) is 3.33. The fourth-order valence-corrected chi connectivity index (χ4v) is 10.1. The van der Waals surface area contributed by atoms with Crippen LogP contribution in [0.5, 0.6) is 0 Å². The van der Waals surface area contributed by atoms with Crippen molar-refractivity contribution in [2.24, 2.45) is 0 Å². The molecule has 1 heterocycles. The molecule has 0 N–H and O–H groups in total. The summed E-state index contributed by atoms with van der Waals surface area (Å²) in [4.78, 5) is 10.9. The molecule has 1 aromatic heterocycles. The molecule has 0 aliphatic heterocycles. The lowest BCUT2D eigenvalue weighted by Crippen LogP contribution is -1.97. The summed E-state index contributed by atoms with van der Waals surface area (Å²) >= 11 is 0. The van der Waals surface area contributed by atoms with E-state index in [0.717, 1.165) is 28.1 Å². The van der Waals surface area contributed by atoms with Gasteiger partial charge in [0.2, 0.25) is 0 Å². The summed E-state index contributed by atoms with van der Waals surface area (Å²) in [5, 5.41) is 22.4. The third kappa shape index (κ3) is 4.88. The highest BCUT2D eigenvalue weighted by molar-refractivity contribution is 6.28. The first-order chi connectivity index (χ1) is 29.7. The lowest BCUT2D eigenvalue weighted by molar-refractivity contribution is 1.19. The molecule has 2 heteroatoms. The zero-order chi connectivity index (χ0) is 39.3. The fourth-order valence-electron chi connectivity index (χ4n) is 10.1. The summed E-state index contributed by atoms with van der Waals surface area (Å²) in [5.41, 5.74) is 4.88. The second kappa shape index (κ2) is 12.8. The average molecular weight is 759 g/mol. The number of hydrogen-bond donors (Lipinski definition) is 0. The highest BCUT2D eigenvalue weighted by Crippen LogP contribution is 2.41. The Labute approximate surface area is 345 Å². The molecule has 0 fully saturated rings. The summed E-state index contributed by atoms with van der Waals surface area (Å²) in [6, 6.07) is 75.1. The van der Waals surface area contributed by atoms with E-state index in [1.165, 1.54) is 97.0 Å². The van der Waals surface area contributed by atoms with Crippen LogP contribution >= 0.6 is 0 Å². The first-order valence-corrected chi connectivity index (χ1v) is 20.6. The first-order valence-electron chi connectivity index (χ1n) is 20.6. The summed E-state index contributed by atoms with van der Waals surface area (Å²) < 4.78 is 0. The predicted molar refractivity (Wildman–Crippen MR) is 256 cm³/mol. The van der Waals surface area contributed by atoms with Crippen LogP contribution in [0.1, 0.15) is 0 Å². The maximum Gasteiger partial charge on any atom is 0.160 e. The third-order valence-corrected chi connectivity index (χ3v) is 12.8. The summed E-state index contributed by atoms with van der Waals surface area (Å²) in [6.45, 7) is 0. The standard InChI is InChI=1S/C58H34N2/c1-4-19-44-38(13-1)41-16-7-10-22-47(41)53-31-35(25-28-50(44)53)56-34-57(36-26-29-51-45-20-5-2-14-39(45)42-17-8-11-23-48(42)54(51)32-36)60-58(59-56)37-27-30-52-46-21-6-3-15-40(46)43-18-9-12-24-49(43)55(52)33-37/h1-34H. The third-order valence-electron chi connectivity index (χ3n) is 12.8. The van der Waals surface area contributed by atoms with Gasteiger partial charge in [0.05, 0.1) is 11.4 Å². The number of rotatable bonds is 3. The Morgan fingerprint density at radius 1 is 0.183 bits per heavy atom. The smallest absolute Gasteiger partial charge is 0.160 e. The van der Waals surface area contributed by atoms with Gasteiger partial charge in [-0.2, -0.15) is 0 Å². The number of fused-ring (bicyclic) bond motifs is 18. The van der Waals surface area contributed by atoms with E-state index in [0.29, 0.717) is 5.82 Å². The van der Waals surface area contributed by atoms with Gasteiger partial charge in [-0.15, -0.1) is 0 Å². The predicted octanol–water partition coefficient (Wildman–Crippen LogP) is 15.9. The second-order valence-electron chi connectivity index (χ2n) is 16.0. The highest BCUT2D eigenvalue weighted by Gasteiger charge is 2.17. The van der Waals surface area contributed by atoms with Crippen LogP contribution in [-0.4, -0.2) is 9.97 Å². The van der Waals surface area contributed by atoms with Crippen LogP contribution in [0.25, 0.3) is 131 Å². The van der Waals surface area contributed by atoms with Crippen molar-refractivity contribution in [3.63, 3.8) is 0 Å². The Morgan fingerprint density at radius 2 is 0.400 bits per heavy atom. The van der Waals surface area contributed by atoms with Gasteiger partial charge in [0.25, 0.3) is 0 Å². The van der Waals surface area contributed by atoms with Crippen LogP contribution in [0.4, 0.5) is 0 Å². The van der Waals surface area contributed by atoms with Crippen molar-refractivity contribution in [1.82, 2.24) is 9.97 Å². The van der Waals surface area contributed by atoms with Gasteiger partial charge in [-0.3, -0.25) is 0 Å². The van der Waals surface area contributed by atoms with E-state index in [1.807, 2.05) is 0 Å². The number of aromatic nitrogens is 2.